The summed E-state index contributed by atoms with van der Waals surface area (Å²) in [6, 6.07) is 6.26. The normalized spacial score (nSPS) is 14.1. The minimum Gasteiger partial charge on any atom is -0.335 e. The van der Waals surface area contributed by atoms with Crippen LogP contribution in [0.5, 0.6) is 0 Å². The largest absolute Gasteiger partial charge is 0.335 e. The quantitative estimate of drug-likeness (QED) is 0.933. The van der Waals surface area contributed by atoms with Gasteiger partial charge < -0.3 is 15.2 Å². The maximum absolute atomic E-state index is 12.7. The molecule has 0 fully saturated rings. The molecule has 1 aromatic carbocycles. The molecule has 21 heavy (non-hydrogen) atoms. The van der Waals surface area contributed by atoms with Crippen molar-refractivity contribution < 1.29 is 4.79 Å². The molecule has 0 radical (unpaired) electrons. The van der Waals surface area contributed by atoms with Gasteiger partial charge in [-0.25, -0.2) is 4.98 Å². The summed E-state index contributed by atoms with van der Waals surface area (Å²) in [6.07, 6.45) is 5.46. The van der Waals surface area contributed by atoms with Crippen molar-refractivity contribution in [3.63, 3.8) is 0 Å². The van der Waals surface area contributed by atoms with Gasteiger partial charge in [0.25, 0.3) is 5.91 Å². The number of benzene rings is 1. The molecule has 0 spiro atoms. The van der Waals surface area contributed by atoms with Gasteiger partial charge in [-0.05, 0) is 31.4 Å². The first-order valence-corrected chi connectivity index (χ1v) is 7.32. The summed E-state index contributed by atoms with van der Waals surface area (Å²) in [5.74, 6) is -0.0319. The van der Waals surface area contributed by atoms with Gasteiger partial charge in [0.15, 0.2) is 0 Å². The predicted molar refractivity (Wildman–Crippen MR) is 82.5 cm³/mol. The van der Waals surface area contributed by atoms with Crippen LogP contribution in [0.25, 0.3) is 0 Å². The Morgan fingerprint density at radius 1 is 1.43 bits per heavy atom. The van der Waals surface area contributed by atoms with E-state index in [9.17, 15) is 4.79 Å². The maximum atomic E-state index is 12.7. The van der Waals surface area contributed by atoms with Gasteiger partial charge in [0.2, 0.25) is 0 Å². The lowest BCUT2D eigenvalue weighted by atomic mass is 9.99. The van der Waals surface area contributed by atoms with E-state index in [0.29, 0.717) is 18.8 Å². The molecule has 0 saturated heterocycles. The average molecular weight is 284 g/mol. The molecule has 2 heterocycles. The zero-order valence-electron chi connectivity index (χ0n) is 12.2. The second-order valence-electron chi connectivity index (χ2n) is 5.48. The Morgan fingerprint density at radius 2 is 2.29 bits per heavy atom. The first-order valence-electron chi connectivity index (χ1n) is 7.32. The summed E-state index contributed by atoms with van der Waals surface area (Å²) in [6.45, 7) is 4.04. The van der Waals surface area contributed by atoms with Crippen LogP contribution >= 0.6 is 0 Å². The molecule has 1 amide bonds. The van der Waals surface area contributed by atoms with Crippen LogP contribution in [0.1, 0.15) is 28.0 Å². The highest BCUT2D eigenvalue weighted by atomic mass is 16.2. The molecule has 0 atom stereocenters. The van der Waals surface area contributed by atoms with Crippen molar-refractivity contribution in [2.24, 2.45) is 5.73 Å². The Kier molecular flexibility index (Phi) is 3.75. The lowest BCUT2D eigenvalue weighted by molar-refractivity contribution is 0.0980. The van der Waals surface area contributed by atoms with Gasteiger partial charge >= 0.3 is 0 Å². The number of hydrogen-bond acceptors (Lipinski definition) is 3. The van der Waals surface area contributed by atoms with Crippen molar-refractivity contribution in [2.45, 2.75) is 26.3 Å². The van der Waals surface area contributed by atoms with Gasteiger partial charge in [-0.3, -0.25) is 4.79 Å². The summed E-state index contributed by atoms with van der Waals surface area (Å²) in [4.78, 5) is 18.7. The summed E-state index contributed by atoms with van der Waals surface area (Å²) >= 11 is 0. The number of aryl methyl sites for hydroxylation is 2. The minimum atomic E-state index is -0.0319. The molecule has 2 aromatic rings. The summed E-state index contributed by atoms with van der Waals surface area (Å²) in [5.41, 5.74) is 9.50. The van der Waals surface area contributed by atoms with E-state index in [4.69, 9.17) is 5.73 Å². The monoisotopic (exact) mass is 284 g/mol. The highest BCUT2D eigenvalue weighted by molar-refractivity contribution is 6.05. The molecule has 0 saturated carbocycles. The van der Waals surface area contributed by atoms with Crippen LogP contribution in [-0.4, -0.2) is 28.5 Å². The van der Waals surface area contributed by atoms with E-state index in [1.807, 2.05) is 15.5 Å². The molecule has 0 aliphatic carbocycles. The molecule has 1 aliphatic heterocycles. The number of hydrogen-bond donors (Lipinski definition) is 1. The van der Waals surface area contributed by atoms with Crippen LogP contribution < -0.4 is 10.6 Å². The smallest absolute Gasteiger partial charge is 0.278 e. The molecule has 110 valence electrons. The molecule has 1 aromatic heterocycles. The van der Waals surface area contributed by atoms with E-state index in [1.165, 1.54) is 11.1 Å². The molecule has 0 unspecified atom stereocenters. The second-order valence-corrected chi connectivity index (χ2v) is 5.48. The summed E-state index contributed by atoms with van der Waals surface area (Å²) in [5, 5.41) is 0. The van der Waals surface area contributed by atoms with Gasteiger partial charge in [0.1, 0.15) is 5.69 Å². The predicted octanol–water partition coefficient (Wildman–Crippen LogP) is 1.74. The van der Waals surface area contributed by atoms with E-state index < -0.39 is 0 Å². The Bertz CT molecular complexity index is 662. The van der Waals surface area contributed by atoms with Crippen LogP contribution in [0.4, 0.5) is 5.69 Å². The van der Waals surface area contributed by atoms with Crippen molar-refractivity contribution >= 4 is 11.6 Å². The van der Waals surface area contributed by atoms with E-state index in [1.54, 1.807) is 12.5 Å². The first kappa shape index (κ1) is 13.8. The molecule has 2 N–H and O–H groups in total. The van der Waals surface area contributed by atoms with Crippen LogP contribution in [0.15, 0.2) is 30.7 Å². The third-order valence-corrected chi connectivity index (χ3v) is 3.84. The number of carbonyl (C=O) groups is 1. The van der Waals surface area contributed by atoms with Gasteiger partial charge in [-0.15, -0.1) is 0 Å². The maximum Gasteiger partial charge on any atom is 0.278 e. The SMILES string of the molecule is Cc1ccc2c(c1)CCCN2C(=O)c1cn(CCN)cn1. The lowest BCUT2D eigenvalue weighted by Gasteiger charge is -2.29. The standard InChI is InChI=1S/C16H20N4O/c1-12-4-5-15-13(9-12)3-2-7-20(15)16(21)14-10-19(8-6-17)11-18-14/h4-5,9-11H,2-3,6-8,17H2,1H3. The molecular weight excluding hydrogens is 264 g/mol. The topological polar surface area (TPSA) is 64.2 Å². The van der Waals surface area contributed by atoms with Gasteiger partial charge in [0.05, 0.1) is 6.33 Å². The van der Waals surface area contributed by atoms with Crippen LogP contribution in [0, 0.1) is 6.92 Å². The zero-order valence-corrected chi connectivity index (χ0v) is 12.2. The molecular formula is C16H20N4O. The third kappa shape index (κ3) is 2.69. The molecule has 1 aliphatic rings. The van der Waals surface area contributed by atoms with Crippen molar-refractivity contribution in [1.29, 1.82) is 0 Å². The second kappa shape index (κ2) is 5.69. The summed E-state index contributed by atoms with van der Waals surface area (Å²) in [7, 11) is 0. The third-order valence-electron chi connectivity index (χ3n) is 3.84. The van der Waals surface area contributed by atoms with Gasteiger partial charge in [-0.2, -0.15) is 0 Å². The van der Waals surface area contributed by atoms with Crippen molar-refractivity contribution in [1.82, 2.24) is 9.55 Å². The lowest BCUT2D eigenvalue weighted by Crippen LogP contribution is -2.35. The fraction of sp³-hybridized carbons (Fsp3) is 0.375. The number of fused-ring (bicyclic) bond motifs is 1. The summed E-state index contributed by atoms with van der Waals surface area (Å²) < 4.78 is 1.85. The average Bonchev–Trinajstić information content (AvgIpc) is 2.94. The van der Waals surface area contributed by atoms with Crippen molar-refractivity contribution in [3.8, 4) is 0 Å². The molecule has 5 heteroatoms. The van der Waals surface area contributed by atoms with E-state index in [0.717, 1.165) is 25.1 Å². The number of nitrogens with two attached hydrogens (primary N) is 1. The van der Waals surface area contributed by atoms with Crippen LogP contribution in [0.2, 0.25) is 0 Å². The van der Waals surface area contributed by atoms with Crippen LogP contribution in [-0.2, 0) is 13.0 Å². The zero-order chi connectivity index (χ0) is 14.8. The van der Waals surface area contributed by atoms with Crippen LogP contribution in [0.3, 0.4) is 0 Å². The number of aromatic nitrogens is 2. The van der Waals surface area contributed by atoms with E-state index in [-0.39, 0.29) is 5.91 Å². The Balaban J connectivity index is 1.88. The number of nitrogens with zero attached hydrogens (tertiary/aromatic N) is 3. The van der Waals surface area contributed by atoms with Crippen molar-refractivity contribution in [2.75, 3.05) is 18.0 Å². The molecule has 0 bridgehead atoms. The Morgan fingerprint density at radius 3 is 3.10 bits per heavy atom. The number of carbonyl (C=O) groups excluding carboxylic acids is 1. The molecule has 5 nitrogen and oxygen atoms in total. The Labute approximate surface area is 124 Å². The highest BCUT2D eigenvalue weighted by Crippen LogP contribution is 2.29. The van der Waals surface area contributed by atoms with Crippen molar-refractivity contribution in [3.05, 3.63) is 47.5 Å². The number of anilines is 1. The Hall–Kier alpha value is -2.14. The number of rotatable bonds is 3. The highest BCUT2D eigenvalue weighted by Gasteiger charge is 2.24. The fourth-order valence-corrected chi connectivity index (χ4v) is 2.82. The van der Waals surface area contributed by atoms with Gasteiger partial charge in [-0.1, -0.05) is 17.7 Å². The molecule has 3 rings (SSSR count). The fourth-order valence-electron chi connectivity index (χ4n) is 2.82. The van der Waals surface area contributed by atoms with E-state index >= 15 is 0 Å². The first-order chi connectivity index (χ1) is 10.2. The van der Waals surface area contributed by atoms with E-state index in [2.05, 4.69) is 24.0 Å². The minimum absolute atomic E-state index is 0.0319. The number of amides is 1. The number of imidazole rings is 1. The van der Waals surface area contributed by atoms with Gasteiger partial charge in [0, 0.05) is 31.5 Å².